The molecule has 1 aliphatic carbocycles. The predicted molar refractivity (Wildman–Crippen MR) is 59.4 cm³/mol. The number of hydrogen-bond donors (Lipinski definition) is 0. The molecule has 2 rings (SSSR count). The van der Waals surface area contributed by atoms with Crippen molar-refractivity contribution in [1.82, 2.24) is 0 Å². The summed E-state index contributed by atoms with van der Waals surface area (Å²) >= 11 is 0. The molecule has 0 radical (unpaired) electrons. The van der Waals surface area contributed by atoms with Gasteiger partial charge in [-0.2, -0.15) is 10.3 Å². The van der Waals surface area contributed by atoms with E-state index in [-0.39, 0.29) is 0 Å². The normalized spacial score (nSPS) is 17.4. The topological polar surface area (TPSA) is 53.2 Å². The smallest absolute Gasteiger partial charge is 0.211 e. The second-order valence-corrected chi connectivity index (χ2v) is 4.10. The fourth-order valence-corrected chi connectivity index (χ4v) is 2.48. The zero-order valence-electron chi connectivity index (χ0n) is 8.94. The maximum atomic E-state index is 10.6. The van der Waals surface area contributed by atoms with Crippen LogP contribution in [-0.2, 0) is 10.3 Å². The molecule has 0 atom stereocenters. The maximum Gasteiger partial charge on any atom is 0.235 e. The zero-order chi connectivity index (χ0) is 11.4. The first-order valence-electron chi connectivity index (χ1n) is 5.41. The third kappa shape index (κ3) is 1.64. The lowest BCUT2D eigenvalue weighted by molar-refractivity contribution is 0.455. The average Bonchev–Trinajstić information content (AvgIpc) is 2.79. The van der Waals surface area contributed by atoms with Crippen LogP contribution < -0.4 is 0 Å². The number of nitrogens with zero attached hydrogens (tertiary/aromatic N) is 2. The fourth-order valence-electron chi connectivity index (χ4n) is 2.48. The van der Waals surface area contributed by atoms with Gasteiger partial charge in [0.2, 0.25) is 6.08 Å². The first-order valence-corrected chi connectivity index (χ1v) is 5.41. The van der Waals surface area contributed by atoms with Gasteiger partial charge in [0.15, 0.2) is 0 Å². The van der Waals surface area contributed by atoms with E-state index in [1.807, 2.05) is 18.2 Å². The van der Waals surface area contributed by atoms with Crippen LogP contribution in [0.15, 0.2) is 29.3 Å². The maximum absolute atomic E-state index is 10.6. The minimum absolute atomic E-state index is 0.492. The Bertz CT molecular complexity index is 475. The highest BCUT2D eigenvalue weighted by atomic mass is 16.1. The van der Waals surface area contributed by atoms with Crippen molar-refractivity contribution in [3.05, 3.63) is 35.4 Å². The summed E-state index contributed by atoms with van der Waals surface area (Å²) < 4.78 is 0. The van der Waals surface area contributed by atoms with Crippen LogP contribution in [0.5, 0.6) is 0 Å². The van der Waals surface area contributed by atoms with Gasteiger partial charge in [-0.1, -0.05) is 31.0 Å². The summed E-state index contributed by atoms with van der Waals surface area (Å²) in [6, 6.07) is 9.55. The quantitative estimate of drug-likeness (QED) is 0.559. The molecule has 3 heteroatoms. The Morgan fingerprint density at radius 1 is 1.25 bits per heavy atom. The van der Waals surface area contributed by atoms with Crippen LogP contribution in [0.4, 0.5) is 0 Å². The molecule has 1 fully saturated rings. The van der Waals surface area contributed by atoms with Crippen molar-refractivity contribution in [3.63, 3.8) is 0 Å². The molecule has 0 spiro atoms. The molecule has 1 aliphatic rings. The first kappa shape index (κ1) is 10.6. The molecule has 1 saturated carbocycles. The summed E-state index contributed by atoms with van der Waals surface area (Å²) in [6.07, 6.45) is 5.43. The molecular formula is C13H12N2O. The standard InChI is InChI=1S/C13H12N2O/c14-9-11-5-1-2-6-12(11)13(15-10-16)7-3-4-8-13/h1-2,5-6H,3-4,7-8H2. The molecule has 1 aromatic rings. The van der Waals surface area contributed by atoms with Crippen LogP contribution in [0.2, 0.25) is 0 Å². The Kier molecular flexibility index (Phi) is 2.85. The van der Waals surface area contributed by atoms with Crippen molar-refractivity contribution in [2.24, 2.45) is 4.99 Å². The van der Waals surface area contributed by atoms with E-state index in [4.69, 9.17) is 5.26 Å². The zero-order valence-corrected chi connectivity index (χ0v) is 8.94. The largest absolute Gasteiger partial charge is 0.235 e. The number of rotatable bonds is 2. The summed E-state index contributed by atoms with van der Waals surface area (Å²) in [7, 11) is 0. The van der Waals surface area contributed by atoms with Gasteiger partial charge in [-0.25, -0.2) is 4.79 Å². The van der Waals surface area contributed by atoms with E-state index in [0.717, 1.165) is 31.2 Å². The molecule has 0 bridgehead atoms. The summed E-state index contributed by atoms with van der Waals surface area (Å²) in [5.41, 5.74) is 0.996. The fraction of sp³-hybridized carbons (Fsp3) is 0.385. The van der Waals surface area contributed by atoms with Gasteiger partial charge in [0.05, 0.1) is 17.2 Å². The van der Waals surface area contributed by atoms with Crippen LogP contribution in [0.1, 0.15) is 36.8 Å². The third-order valence-corrected chi connectivity index (χ3v) is 3.24. The van der Waals surface area contributed by atoms with Crippen molar-refractivity contribution >= 4 is 6.08 Å². The van der Waals surface area contributed by atoms with Crippen molar-refractivity contribution in [3.8, 4) is 6.07 Å². The van der Waals surface area contributed by atoms with E-state index in [2.05, 4.69) is 11.1 Å². The van der Waals surface area contributed by atoms with Gasteiger partial charge in [-0.15, -0.1) is 0 Å². The monoisotopic (exact) mass is 212 g/mol. The number of aliphatic imine (C=N–C) groups is 1. The van der Waals surface area contributed by atoms with Crippen molar-refractivity contribution < 1.29 is 4.79 Å². The Labute approximate surface area is 94.4 Å². The predicted octanol–water partition coefficient (Wildman–Crippen LogP) is 2.66. The third-order valence-electron chi connectivity index (χ3n) is 3.24. The van der Waals surface area contributed by atoms with E-state index in [0.29, 0.717) is 5.56 Å². The number of carbonyl (C=O) groups excluding carboxylic acids is 1. The molecule has 0 N–H and O–H groups in total. The SMILES string of the molecule is N#Cc1ccccc1C1(N=C=O)CCCC1. The van der Waals surface area contributed by atoms with Gasteiger partial charge in [0.25, 0.3) is 0 Å². The summed E-state index contributed by atoms with van der Waals surface area (Å²) in [5.74, 6) is 0. The first-order chi connectivity index (χ1) is 7.82. The van der Waals surface area contributed by atoms with Crippen LogP contribution in [-0.4, -0.2) is 6.08 Å². The minimum Gasteiger partial charge on any atom is -0.211 e. The van der Waals surface area contributed by atoms with Crippen LogP contribution in [0.3, 0.4) is 0 Å². The van der Waals surface area contributed by atoms with Crippen LogP contribution in [0.25, 0.3) is 0 Å². The number of benzene rings is 1. The van der Waals surface area contributed by atoms with Gasteiger partial charge < -0.3 is 0 Å². The second-order valence-electron chi connectivity index (χ2n) is 4.10. The highest BCUT2D eigenvalue weighted by Crippen LogP contribution is 2.43. The highest BCUT2D eigenvalue weighted by Gasteiger charge is 2.37. The number of hydrogen-bond acceptors (Lipinski definition) is 3. The molecule has 80 valence electrons. The molecule has 0 amide bonds. The summed E-state index contributed by atoms with van der Waals surface area (Å²) in [5, 5.41) is 9.07. The molecule has 3 nitrogen and oxygen atoms in total. The summed E-state index contributed by atoms with van der Waals surface area (Å²) in [4.78, 5) is 14.5. The van der Waals surface area contributed by atoms with E-state index in [1.54, 1.807) is 12.1 Å². The van der Waals surface area contributed by atoms with Gasteiger partial charge in [0, 0.05) is 0 Å². The lowest BCUT2D eigenvalue weighted by atomic mass is 9.86. The molecule has 0 unspecified atom stereocenters. The molecule has 0 aromatic heterocycles. The molecule has 16 heavy (non-hydrogen) atoms. The molecule has 1 aromatic carbocycles. The molecule has 0 heterocycles. The van der Waals surface area contributed by atoms with Gasteiger partial charge in [0.1, 0.15) is 0 Å². The molecule has 0 aliphatic heterocycles. The van der Waals surface area contributed by atoms with Crippen molar-refractivity contribution in [2.75, 3.05) is 0 Å². The van der Waals surface area contributed by atoms with Crippen LogP contribution in [0, 0.1) is 11.3 Å². The molecular weight excluding hydrogens is 200 g/mol. The van der Waals surface area contributed by atoms with Gasteiger partial charge >= 0.3 is 0 Å². The van der Waals surface area contributed by atoms with E-state index in [9.17, 15) is 4.79 Å². The lowest BCUT2D eigenvalue weighted by Gasteiger charge is -2.23. The lowest BCUT2D eigenvalue weighted by Crippen LogP contribution is -2.20. The van der Waals surface area contributed by atoms with E-state index in [1.165, 1.54) is 0 Å². The summed E-state index contributed by atoms with van der Waals surface area (Å²) in [6.45, 7) is 0. The van der Waals surface area contributed by atoms with Crippen molar-refractivity contribution in [1.29, 1.82) is 5.26 Å². The van der Waals surface area contributed by atoms with Crippen molar-refractivity contribution in [2.45, 2.75) is 31.2 Å². The van der Waals surface area contributed by atoms with Crippen LogP contribution >= 0.6 is 0 Å². The Morgan fingerprint density at radius 3 is 2.56 bits per heavy atom. The van der Waals surface area contributed by atoms with Gasteiger partial charge in [-0.3, -0.25) is 0 Å². The second kappa shape index (κ2) is 4.30. The number of isocyanates is 1. The number of nitriles is 1. The van der Waals surface area contributed by atoms with E-state index >= 15 is 0 Å². The Balaban J connectivity index is 2.56. The van der Waals surface area contributed by atoms with Gasteiger partial charge in [-0.05, 0) is 24.5 Å². The average molecular weight is 212 g/mol. The highest BCUT2D eigenvalue weighted by molar-refractivity contribution is 5.46. The minimum atomic E-state index is -0.492. The van der Waals surface area contributed by atoms with E-state index < -0.39 is 5.54 Å². The molecule has 0 saturated heterocycles. The Hall–Kier alpha value is -1.91. The Morgan fingerprint density at radius 2 is 1.94 bits per heavy atom.